The molecule has 3 N–H and O–H groups in total. The molecule has 0 saturated carbocycles. The summed E-state index contributed by atoms with van der Waals surface area (Å²) in [5.41, 5.74) is 8.64. The Morgan fingerprint density at radius 2 is 2.10 bits per heavy atom. The summed E-state index contributed by atoms with van der Waals surface area (Å²) in [6, 6.07) is 2.06. The van der Waals surface area contributed by atoms with Gasteiger partial charge in [-0.15, -0.1) is 0 Å². The Labute approximate surface area is 121 Å². The molecule has 2 aromatic rings. The molecule has 0 amide bonds. The van der Waals surface area contributed by atoms with E-state index in [1.807, 2.05) is 25.5 Å². The first-order chi connectivity index (χ1) is 9.75. The van der Waals surface area contributed by atoms with Crippen molar-refractivity contribution < 1.29 is 14.8 Å². The van der Waals surface area contributed by atoms with E-state index < -0.39 is 16.9 Å². The van der Waals surface area contributed by atoms with Crippen molar-refractivity contribution in [1.29, 1.82) is 0 Å². The lowest BCUT2D eigenvalue weighted by atomic mass is 10.0. The molecule has 1 aromatic heterocycles. The van der Waals surface area contributed by atoms with E-state index in [2.05, 4.69) is 0 Å². The van der Waals surface area contributed by atoms with Crippen LogP contribution in [0.5, 0.6) is 0 Å². The first kappa shape index (κ1) is 15.0. The minimum atomic E-state index is -1.12. The van der Waals surface area contributed by atoms with Crippen LogP contribution in [0.1, 0.15) is 16.8 Å². The van der Waals surface area contributed by atoms with Gasteiger partial charge in [0.1, 0.15) is 6.04 Å². The Morgan fingerprint density at radius 3 is 2.62 bits per heavy atom. The largest absolute Gasteiger partial charge is 0.480 e. The van der Waals surface area contributed by atoms with Crippen LogP contribution in [-0.2, 0) is 18.3 Å². The van der Waals surface area contributed by atoms with Crippen LogP contribution in [0.25, 0.3) is 10.9 Å². The number of nitrogens with zero attached hydrogens (tertiary/aromatic N) is 2. The molecule has 2 rings (SSSR count). The summed E-state index contributed by atoms with van der Waals surface area (Å²) in [7, 11) is 1.81. The molecule has 1 unspecified atom stereocenters. The number of hydrogen-bond donors (Lipinski definition) is 2. The van der Waals surface area contributed by atoms with Crippen LogP contribution in [0.15, 0.2) is 12.1 Å². The zero-order valence-corrected chi connectivity index (χ0v) is 12.1. The number of rotatable bonds is 4. The minimum absolute atomic E-state index is 0.0214. The number of carboxylic acid groups (broad SMARTS) is 1. The highest BCUT2D eigenvalue weighted by molar-refractivity contribution is 5.96. The average Bonchev–Trinajstić information content (AvgIpc) is 2.64. The standard InChI is InChI=1S/C14H17N3O4/c1-7-4-5-11(17(20)21)12-9(6-10(15)14(18)19)8(2)16(3)13(7)12/h4-5,10H,6,15H2,1-3H3,(H,18,19). The zero-order chi connectivity index (χ0) is 15.9. The second kappa shape index (κ2) is 5.17. The molecular formula is C14H17N3O4. The maximum Gasteiger partial charge on any atom is 0.320 e. The van der Waals surface area contributed by atoms with E-state index >= 15 is 0 Å². The van der Waals surface area contributed by atoms with Gasteiger partial charge in [0.25, 0.3) is 5.69 Å². The van der Waals surface area contributed by atoms with Gasteiger partial charge in [0, 0.05) is 25.2 Å². The summed E-state index contributed by atoms with van der Waals surface area (Å²) in [5, 5.41) is 20.7. The number of aliphatic carboxylic acids is 1. The number of fused-ring (bicyclic) bond motifs is 1. The molecule has 1 heterocycles. The first-order valence-corrected chi connectivity index (χ1v) is 6.46. The number of nitrogens with two attached hydrogens (primary N) is 1. The van der Waals surface area contributed by atoms with E-state index in [0.29, 0.717) is 10.9 Å². The third-order valence-electron chi connectivity index (χ3n) is 3.87. The van der Waals surface area contributed by atoms with Gasteiger partial charge in [0.2, 0.25) is 0 Å². The summed E-state index contributed by atoms with van der Waals surface area (Å²) >= 11 is 0. The number of aromatic nitrogens is 1. The Balaban J connectivity index is 2.80. The van der Waals surface area contributed by atoms with Crippen molar-refractivity contribution in [2.75, 3.05) is 0 Å². The van der Waals surface area contributed by atoms with E-state index in [9.17, 15) is 14.9 Å². The van der Waals surface area contributed by atoms with Gasteiger partial charge in [0.05, 0.1) is 15.8 Å². The lowest BCUT2D eigenvalue weighted by Crippen LogP contribution is -2.32. The molecule has 1 atom stereocenters. The van der Waals surface area contributed by atoms with Gasteiger partial charge in [-0.3, -0.25) is 14.9 Å². The second-order valence-electron chi connectivity index (χ2n) is 5.15. The molecule has 112 valence electrons. The Morgan fingerprint density at radius 1 is 1.48 bits per heavy atom. The number of nitro groups is 1. The van der Waals surface area contributed by atoms with Gasteiger partial charge >= 0.3 is 5.97 Å². The van der Waals surface area contributed by atoms with Crippen LogP contribution in [0.2, 0.25) is 0 Å². The summed E-state index contributed by atoms with van der Waals surface area (Å²) in [6.07, 6.45) is 0.0583. The molecule has 0 aliphatic heterocycles. The Hall–Kier alpha value is -2.41. The predicted molar refractivity (Wildman–Crippen MR) is 78.4 cm³/mol. The number of aryl methyl sites for hydroxylation is 2. The second-order valence-corrected chi connectivity index (χ2v) is 5.15. The molecule has 0 bridgehead atoms. The van der Waals surface area contributed by atoms with Crippen LogP contribution in [-0.4, -0.2) is 26.6 Å². The fraction of sp³-hybridized carbons (Fsp3) is 0.357. The summed E-state index contributed by atoms with van der Waals surface area (Å²) < 4.78 is 1.85. The summed E-state index contributed by atoms with van der Waals surface area (Å²) in [4.78, 5) is 21.8. The molecule has 21 heavy (non-hydrogen) atoms. The molecule has 0 spiro atoms. The van der Waals surface area contributed by atoms with E-state index in [0.717, 1.165) is 16.8 Å². The Bertz CT molecular complexity index is 748. The summed E-state index contributed by atoms with van der Waals surface area (Å²) in [5.74, 6) is -1.12. The van der Waals surface area contributed by atoms with Crippen LogP contribution < -0.4 is 5.73 Å². The van der Waals surface area contributed by atoms with Crippen molar-refractivity contribution in [3.8, 4) is 0 Å². The molecule has 0 saturated heterocycles. The quantitative estimate of drug-likeness (QED) is 0.657. The highest BCUT2D eigenvalue weighted by Gasteiger charge is 2.25. The molecular weight excluding hydrogens is 274 g/mol. The van der Waals surface area contributed by atoms with Crippen molar-refractivity contribution in [2.45, 2.75) is 26.3 Å². The van der Waals surface area contributed by atoms with E-state index in [1.54, 1.807) is 6.07 Å². The third kappa shape index (κ3) is 2.36. The van der Waals surface area contributed by atoms with Crippen molar-refractivity contribution >= 4 is 22.6 Å². The molecule has 7 nitrogen and oxygen atoms in total. The number of carbonyl (C=O) groups is 1. The smallest absolute Gasteiger partial charge is 0.320 e. The first-order valence-electron chi connectivity index (χ1n) is 6.46. The normalized spacial score (nSPS) is 12.6. The van der Waals surface area contributed by atoms with Crippen molar-refractivity contribution in [1.82, 2.24) is 4.57 Å². The monoisotopic (exact) mass is 291 g/mol. The van der Waals surface area contributed by atoms with Gasteiger partial charge in [-0.25, -0.2) is 0 Å². The lowest BCUT2D eigenvalue weighted by molar-refractivity contribution is -0.383. The maximum atomic E-state index is 11.3. The van der Waals surface area contributed by atoms with E-state index in [1.165, 1.54) is 6.07 Å². The summed E-state index contributed by atoms with van der Waals surface area (Å²) in [6.45, 7) is 3.68. The highest BCUT2D eigenvalue weighted by Crippen LogP contribution is 2.35. The number of nitro benzene ring substituents is 1. The van der Waals surface area contributed by atoms with Crippen molar-refractivity contribution in [3.05, 3.63) is 39.1 Å². The van der Waals surface area contributed by atoms with Crippen LogP contribution in [0.4, 0.5) is 5.69 Å². The average molecular weight is 291 g/mol. The SMILES string of the molecule is Cc1ccc([N+](=O)[O-])c2c(CC(N)C(=O)O)c(C)n(C)c12. The van der Waals surface area contributed by atoms with Crippen LogP contribution in [0, 0.1) is 24.0 Å². The molecule has 0 fully saturated rings. The Kier molecular flexibility index (Phi) is 3.69. The zero-order valence-electron chi connectivity index (χ0n) is 12.1. The van der Waals surface area contributed by atoms with E-state index in [-0.39, 0.29) is 12.1 Å². The lowest BCUT2D eigenvalue weighted by Gasteiger charge is -2.07. The number of benzene rings is 1. The van der Waals surface area contributed by atoms with Crippen molar-refractivity contribution in [2.24, 2.45) is 12.8 Å². The molecule has 1 aromatic carbocycles. The van der Waals surface area contributed by atoms with E-state index in [4.69, 9.17) is 10.8 Å². The molecule has 7 heteroatoms. The van der Waals surface area contributed by atoms with Crippen LogP contribution in [0.3, 0.4) is 0 Å². The van der Waals surface area contributed by atoms with Crippen molar-refractivity contribution in [3.63, 3.8) is 0 Å². The number of carboxylic acids is 1. The third-order valence-corrected chi connectivity index (χ3v) is 3.87. The van der Waals surface area contributed by atoms with Gasteiger partial charge in [-0.05, 0) is 25.0 Å². The van der Waals surface area contributed by atoms with Gasteiger partial charge < -0.3 is 15.4 Å². The number of hydrogen-bond acceptors (Lipinski definition) is 4. The minimum Gasteiger partial charge on any atom is -0.480 e. The maximum absolute atomic E-state index is 11.3. The van der Waals surface area contributed by atoms with Crippen LogP contribution >= 0.6 is 0 Å². The molecule has 0 radical (unpaired) electrons. The fourth-order valence-corrected chi connectivity index (χ4v) is 2.67. The number of non-ortho nitro benzene ring substituents is 1. The van der Waals surface area contributed by atoms with Gasteiger partial charge in [-0.2, -0.15) is 0 Å². The topological polar surface area (TPSA) is 111 Å². The van der Waals surface area contributed by atoms with Gasteiger partial charge in [-0.1, -0.05) is 6.07 Å². The highest BCUT2D eigenvalue weighted by atomic mass is 16.6. The predicted octanol–water partition coefficient (Wildman–Crippen LogP) is 1.66. The molecule has 0 aliphatic carbocycles. The molecule has 0 aliphatic rings. The van der Waals surface area contributed by atoms with Gasteiger partial charge in [0.15, 0.2) is 0 Å². The fourth-order valence-electron chi connectivity index (χ4n) is 2.67.